The van der Waals surface area contributed by atoms with E-state index in [1.807, 2.05) is 0 Å². The number of rotatable bonds is 0. The first-order valence-corrected chi connectivity index (χ1v) is 8.64. The van der Waals surface area contributed by atoms with E-state index >= 15 is 0 Å². The van der Waals surface area contributed by atoms with Gasteiger partial charge in [0, 0.05) is 16.5 Å². The Morgan fingerprint density at radius 2 is 0.444 bits per heavy atom. The molecule has 0 aliphatic rings. The minimum absolute atomic E-state index is 0. The summed E-state index contributed by atoms with van der Waals surface area (Å²) in [6.07, 6.45) is 0. The summed E-state index contributed by atoms with van der Waals surface area (Å²) < 4.78 is 95.6. The molecule has 0 amide bonds. The van der Waals surface area contributed by atoms with Crippen LogP contribution in [0.25, 0.3) is 0 Å². The van der Waals surface area contributed by atoms with Crippen LogP contribution in [-0.4, -0.2) is 59.7 Å². The first-order valence-electron chi connectivity index (χ1n) is 2.10. The molecular formula is H12Al2Cr3NiO12. The molecule has 0 saturated heterocycles. The van der Waals surface area contributed by atoms with E-state index in [0.717, 1.165) is 0 Å². The van der Waals surface area contributed by atoms with Crippen LogP contribution in [0.1, 0.15) is 0 Å². The van der Waals surface area contributed by atoms with E-state index in [1.54, 1.807) is 0 Å². The van der Waals surface area contributed by atoms with Gasteiger partial charge in [0.15, 0.2) is 34.7 Å². The molecule has 0 radical (unpaired) electrons. The first kappa shape index (κ1) is 36.7. The summed E-state index contributed by atoms with van der Waals surface area (Å²) in [7, 11) is 0. The van der Waals surface area contributed by atoms with Crippen molar-refractivity contribution in [1.29, 1.82) is 0 Å². The molecule has 0 aromatic carbocycles. The Morgan fingerprint density at radius 1 is 0.444 bits per heavy atom. The monoisotopic (exact) mass is 472 g/mol. The third-order valence-electron chi connectivity index (χ3n) is 0. The van der Waals surface area contributed by atoms with Crippen LogP contribution in [0.4, 0.5) is 0 Å². The molecule has 18 heteroatoms. The van der Waals surface area contributed by atoms with Gasteiger partial charge in [0.05, 0.1) is 0 Å². The van der Waals surface area contributed by atoms with Gasteiger partial charge in [-0.3, -0.25) is 0 Å². The van der Waals surface area contributed by atoms with Crippen LogP contribution < -0.4 is 0 Å². The molecule has 0 heterocycles. The van der Waals surface area contributed by atoms with Crippen LogP contribution in [0, 0.1) is 0 Å². The normalized spacial score (nSPS) is 9.67. The molecule has 0 aromatic heterocycles. The summed E-state index contributed by atoms with van der Waals surface area (Å²) in [5.41, 5.74) is 0. The van der Waals surface area contributed by atoms with E-state index in [-0.39, 0.29) is 51.2 Å². The Labute approximate surface area is 138 Å². The van der Waals surface area contributed by atoms with Gasteiger partial charge in [0.1, 0.15) is 0 Å². The summed E-state index contributed by atoms with van der Waals surface area (Å²) in [4.78, 5) is 0. The van der Waals surface area contributed by atoms with Crippen LogP contribution in [0.2, 0.25) is 0 Å². The van der Waals surface area contributed by atoms with Crippen molar-refractivity contribution in [3.05, 3.63) is 0 Å². The summed E-state index contributed by atoms with van der Waals surface area (Å²) in [6, 6.07) is 0. The molecule has 18 heavy (non-hydrogen) atoms. The van der Waals surface area contributed by atoms with Crippen molar-refractivity contribution >= 4 is 34.7 Å². The molecule has 12 nitrogen and oxygen atoms in total. The minimum atomic E-state index is -5.25. The van der Waals surface area contributed by atoms with Crippen molar-refractivity contribution < 1.29 is 105 Å². The van der Waals surface area contributed by atoms with Crippen molar-refractivity contribution in [2.45, 2.75) is 0 Å². The van der Waals surface area contributed by atoms with Crippen molar-refractivity contribution in [2.24, 2.45) is 0 Å². The zero-order chi connectivity index (χ0) is 13.5. The Bertz CT molecular complexity index is 346. The van der Waals surface area contributed by atoms with Gasteiger partial charge < -0.3 is 0 Å². The molecule has 0 bridgehead atoms. The molecular weight excluding hydrogens is 461 g/mol. The van der Waals surface area contributed by atoms with Crippen molar-refractivity contribution in [1.82, 2.24) is 0 Å². The summed E-state index contributed by atoms with van der Waals surface area (Å²) >= 11 is -15.8. The molecule has 118 valence electrons. The summed E-state index contributed by atoms with van der Waals surface area (Å²) in [5, 5.41) is 0. The second-order valence-corrected chi connectivity index (χ2v) is 5.54. The number of hydrogen-bond acceptors (Lipinski definition) is 6. The van der Waals surface area contributed by atoms with Gasteiger partial charge >= 0.3 is 88.6 Å². The Hall–Kier alpha value is 1.72. The summed E-state index contributed by atoms with van der Waals surface area (Å²) in [6.45, 7) is 0. The van der Waals surface area contributed by atoms with E-state index in [0.29, 0.717) is 0 Å². The fourth-order valence-corrected chi connectivity index (χ4v) is 0. The standard InChI is InChI=1S/2Al.3Cr.Ni.6H2O.6O.6H/h;;;;;;6*1H2;;;;;;;;;;;;/q;;3*+2;;;;;;;;;;;;;;;;;;;/p-6. The average Bonchev–Trinajstić information content (AvgIpc) is 1.41. The molecule has 0 aliphatic carbocycles. The molecule has 0 rings (SSSR count). The molecule has 6 N–H and O–H groups in total. The van der Waals surface area contributed by atoms with Crippen molar-refractivity contribution in [3.8, 4) is 0 Å². The van der Waals surface area contributed by atoms with E-state index in [9.17, 15) is 0 Å². The fraction of sp³-hybridized carbons (Fsp3) is 0. The molecule has 0 aliphatic heterocycles. The SMILES string of the molecule is [AlH3].[AlH3].[Ni].[O]=[Cr](=[O])([OH])[OH].[O]=[Cr](=[O])([OH])[OH].[O]=[Cr](=[O])([OH])[OH]. The summed E-state index contributed by atoms with van der Waals surface area (Å²) in [5.74, 6) is 0. The van der Waals surface area contributed by atoms with Gasteiger partial charge in [0.25, 0.3) is 0 Å². The Morgan fingerprint density at radius 3 is 0.444 bits per heavy atom. The molecule has 0 saturated carbocycles. The molecule has 0 unspecified atom stereocenters. The average molecular weight is 473 g/mol. The zero-order valence-electron chi connectivity index (χ0n) is 6.67. The quantitative estimate of drug-likeness (QED) is 0.181. The maximum absolute atomic E-state index is 8.82. The van der Waals surface area contributed by atoms with Crippen LogP contribution in [0.3, 0.4) is 0 Å². The predicted molar refractivity (Wildman–Crippen MR) is 37.3 cm³/mol. The Balaban J connectivity index is -0.0000000277. The first-order chi connectivity index (χ1) is 6.00. The van der Waals surface area contributed by atoms with E-state index in [2.05, 4.69) is 0 Å². The van der Waals surface area contributed by atoms with Crippen LogP contribution in [0.15, 0.2) is 0 Å². The van der Waals surface area contributed by atoms with E-state index < -0.39 is 40.8 Å². The molecule has 0 spiro atoms. The molecule has 0 fully saturated rings. The van der Waals surface area contributed by atoms with Gasteiger partial charge in [-0.25, -0.2) is 0 Å². The molecule has 0 aromatic rings. The van der Waals surface area contributed by atoms with E-state index in [1.165, 1.54) is 0 Å². The van der Waals surface area contributed by atoms with Crippen molar-refractivity contribution in [3.63, 3.8) is 0 Å². The van der Waals surface area contributed by atoms with Crippen LogP contribution in [-0.2, 0) is 80.2 Å². The van der Waals surface area contributed by atoms with Gasteiger partial charge in [-0.05, 0) is 0 Å². The van der Waals surface area contributed by atoms with E-state index in [4.69, 9.17) is 47.8 Å². The van der Waals surface area contributed by atoms with Crippen LogP contribution in [0.5, 0.6) is 0 Å². The zero-order valence-corrected chi connectivity index (χ0v) is 11.5. The van der Waals surface area contributed by atoms with Crippen molar-refractivity contribution in [2.75, 3.05) is 0 Å². The van der Waals surface area contributed by atoms with Gasteiger partial charge in [-0.15, -0.1) is 0 Å². The van der Waals surface area contributed by atoms with Gasteiger partial charge in [-0.2, -0.15) is 0 Å². The van der Waals surface area contributed by atoms with Gasteiger partial charge in [-0.1, -0.05) is 0 Å². The predicted octanol–water partition coefficient (Wildman–Crippen LogP) is -6.43. The van der Waals surface area contributed by atoms with Gasteiger partial charge in [0.2, 0.25) is 0 Å². The Kier molecular flexibility index (Phi) is 30.8. The molecule has 0 atom stereocenters. The number of hydrogen-bond donors (Lipinski definition) is 6. The van der Waals surface area contributed by atoms with Crippen LogP contribution >= 0.6 is 0 Å². The maximum atomic E-state index is 8.82. The topological polar surface area (TPSA) is 224 Å². The second-order valence-electron chi connectivity index (χ2n) is 1.34. The fourth-order valence-electron chi connectivity index (χ4n) is 0. The second kappa shape index (κ2) is 15.1. The third kappa shape index (κ3) is 1680. The third-order valence-corrected chi connectivity index (χ3v) is 0.